The van der Waals surface area contributed by atoms with Crippen molar-refractivity contribution in [1.82, 2.24) is 16.2 Å². The predicted molar refractivity (Wildman–Crippen MR) is 122 cm³/mol. The zero-order chi connectivity index (χ0) is 25.0. The maximum absolute atomic E-state index is 14.7. The van der Waals surface area contributed by atoms with Gasteiger partial charge in [-0.05, 0) is 59.7 Å². The van der Waals surface area contributed by atoms with Crippen LogP contribution in [0.1, 0.15) is 47.1 Å². The number of anilines is 1. The van der Waals surface area contributed by atoms with Crippen LogP contribution >= 0.6 is 12.2 Å². The number of thiocarbonyl (C=S) groups is 1. The molecule has 0 aromatic heterocycles. The van der Waals surface area contributed by atoms with Crippen LogP contribution in [-0.4, -0.2) is 53.7 Å². The normalized spacial score (nSPS) is 17.1. The van der Waals surface area contributed by atoms with Crippen LogP contribution in [0, 0.1) is 5.82 Å². The molecule has 0 spiro atoms. The highest BCUT2D eigenvalue weighted by Gasteiger charge is 2.39. The lowest BCUT2D eigenvalue weighted by atomic mass is 10.1. The number of nitrogens with zero attached hydrogens (tertiary/aromatic N) is 1. The third-order valence-electron chi connectivity index (χ3n) is 4.07. The minimum absolute atomic E-state index is 0.00508. The van der Waals surface area contributed by atoms with Gasteiger partial charge in [-0.15, -0.1) is 0 Å². The lowest BCUT2D eigenvalue weighted by molar-refractivity contribution is -0.132. The molecule has 2 rings (SSSR count). The molecular weight excluding hydrogens is 455 g/mol. The number of halogens is 1. The standard InChI is InChI=1S/C21H29FN4O6S/c1-20(2,3)31-16(23-11-27)15-10-26(19(29)30-15)12-7-8-13(14(22)9-12)17(33)24-25-18(28)32-21(4,5)6/h7-9,11,15-16H,10H2,1-6H3,(H,23,27)(H,24,33)(H,25,28)/t15-,16?/m0/s1. The maximum atomic E-state index is 14.7. The molecule has 33 heavy (non-hydrogen) atoms. The lowest BCUT2D eigenvalue weighted by Gasteiger charge is -2.29. The molecule has 10 nitrogen and oxygen atoms in total. The first-order valence-electron chi connectivity index (χ1n) is 10.1. The van der Waals surface area contributed by atoms with Crippen molar-refractivity contribution in [3.63, 3.8) is 0 Å². The van der Waals surface area contributed by atoms with Gasteiger partial charge < -0.3 is 19.5 Å². The largest absolute Gasteiger partial charge is 0.443 e. The number of hydrogen-bond acceptors (Lipinski definition) is 7. The van der Waals surface area contributed by atoms with Gasteiger partial charge >= 0.3 is 12.2 Å². The van der Waals surface area contributed by atoms with Crippen molar-refractivity contribution in [3.8, 4) is 0 Å². The molecule has 1 aromatic carbocycles. The van der Waals surface area contributed by atoms with Crippen molar-refractivity contribution in [2.75, 3.05) is 11.4 Å². The number of benzene rings is 1. The molecule has 12 heteroatoms. The second kappa shape index (κ2) is 10.3. The fraction of sp³-hybridized carbons (Fsp3) is 0.524. The molecule has 0 radical (unpaired) electrons. The van der Waals surface area contributed by atoms with Gasteiger partial charge in [0, 0.05) is 5.56 Å². The first-order valence-corrected chi connectivity index (χ1v) is 10.6. The van der Waals surface area contributed by atoms with E-state index in [4.69, 9.17) is 26.4 Å². The maximum Gasteiger partial charge on any atom is 0.426 e. The van der Waals surface area contributed by atoms with Crippen LogP contribution < -0.4 is 21.1 Å². The van der Waals surface area contributed by atoms with Crippen LogP contribution in [0.4, 0.5) is 19.7 Å². The Hall–Kier alpha value is -2.99. The van der Waals surface area contributed by atoms with Crippen molar-refractivity contribution >= 4 is 41.5 Å². The number of ether oxygens (including phenoxy) is 3. The minimum atomic E-state index is -0.878. The molecule has 1 fully saturated rings. The van der Waals surface area contributed by atoms with Gasteiger partial charge in [-0.3, -0.25) is 15.1 Å². The predicted octanol–water partition coefficient (Wildman–Crippen LogP) is 2.74. The Bertz CT molecular complexity index is 915. The van der Waals surface area contributed by atoms with E-state index < -0.39 is 41.5 Å². The number of cyclic esters (lactones) is 1. The summed E-state index contributed by atoms with van der Waals surface area (Å²) in [5.41, 5.74) is 3.58. The van der Waals surface area contributed by atoms with Crippen molar-refractivity contribution < 1.29 is 33.0 Å². The molecule has 0 bridgehead atoms. The third kappa shape index (κ3) is 7.82. The van der Waals surface area contributed by atoms with Crippen molar-refractivity contribution in [2.45, 2.75) is 65.1 Å². The fourth-order valence-corrected chi connectivity index (χ4v) is 3.07. The molecule has 2 atom stereocenters. The molecule has 0 saturated carbocycles. The Labute approximate surface area is 197 Å². The van der Waals surface area contributed by atoms with E-state index >= 15 is 0 Å². The van der Waals surface area contributed by atoms with Crippen LogP contribution in [0.25, 0.3) is 0 Å². The minimum Gasteiger partial charge on any atom is -0.443 e. The van der Waals surface area contributed by atoms with E-state index in [0.29, 0.717) is 6.41 Å². The van der Waals surface area contributed by atoms with E-state index in [1.807, 2.05) is 0 Å². The number of carbonyl (C=O) groups is 3. The summed E-state index contributed by atoms with van der Waals surface area (Å²) in [5, 5.41) is 2.50. The Morgan fingerprint density at radius 1 is 1.24 bits per heavy atom. The van der Waals surface area contributed by atoms with E-state index in [2.05, 4.69) is 16.2 Å². The molecule has 182 valence electrons. The van der Waals surface area contributed by atoms with E-state index in [9.17, 15) is 18.8 Å². The average molecular weight is 485 g/mol. The van der Waals surface area contributed by atoms with Crippen molar-refractivity contribution in [3.05, 3.63) is 29.6 Å². The summed E-state index contributed by atoms with van der Waals surface area (Å²) in [7, 11) is 0. The van der Waals surface area contributed by atoms with Gasteiger partial charge in [-0.25, -0.2) is 19.4 Å². The number of rotatable bonds is 6. The topological polar surface area (TPSA) is 118 Å². The first-order chi connectivity index (χ1) is 15.2. The monoisotopic (exact) mass is 484 g/mol. The smallest absolute Gasteiger partial charge is 0.426 e. The Balaban J connectivity index is 2.07. The molecule has 1 heterocycles. The van der Waals surface area contributed by atoms with Gasteiger partial charge in [0.1, 0.15) is 16.4 Å². The van der Waals surface area contributed by atoms with E-state index in [1.165, 1.54) is 17.0 Å². The summed E-state index contributed by atoms with van der Waals surface area (Å²) in [6.07, 6.45) is -2.71. The molecule has 1 aliphatic heterocycles. The Morgan fingerprint density at radius 2 is 1.91 bits per heavy atom. The summed E-state index contributed by atoms with van der Waals surface area (Å²) in [5.74, 6) is -0.722. The van der Waals surface area contributed by atoms with Crippen LogP contribution in [0.15, 0.2) is 18.2 Å². The van der Waals surface area contributed by atoms with Crippen LogP contribution in [0.5, 0.6) is 0 Å². The summed E-state index contributed by atoms with van der Waals surface area (Å²) < 4.78 is 30.9. The number of amides is 3. The van der Waals surface area contributed by atoms with Gasteiger partial charge in [0.2, 0.25) is 6.41 Å². The molecular formula is C21H29FN4O6S. The Kier molecular flexibility index (Phi) is 8.20. The molecule has 1 unspecified atom stereocenters. The molecule has 1 saturated heterocycles. The van der Waals surface area contributed by atoms with E-state index in [-0.39, 0.29) is 22.8 Å². The summed E-state index contributed by atoms with van der Waals surface area (Å²) in [4.78, 5) is 36.2. The summed E-state index contributed by atoms with van der Waals surface area (Å²) >= 11 is 5.12. The van der Waals surface area contributed by atoms with Gasteiger partial charge in [0.15, 0.2) is 12.3 Å². The number of nitrogens with one attached hydrogen (secondary N) is 3. The van der Waals surface area contributed by atoms with Gasteiger partial charge in [0.05, 0.1) is 17.8 Å². The van der Waals surface area contributed by atoms with Crippen LogP contribution in [-0.2, 0) is 19.0 Å². The van der Waals surface area contributed by atoms with Gasteiger partial charge in [-0.2, -0.15) is 0 Å². The molecule has 3 N–H and O–H groups in total. The molecule has 1 aliphatic rings. The van der Waals surface area contributed by atoms with Crippen LogP contribution in [0.2, 0.25) is 0 Å². The van der Waals surface area contributed by atoms with Crippen LogP contribution in [0.3, 0.4) is 0 Å². The van der Waals surface area contributed by atoms with E-state index in [1.54, 1.807) is 41.5 Å². The number of hydrogen-bond donors (Lipinski definition) is 3. The second-order valence-electron chi connectivity index (χ2n) is 9.21. The second-order valence-corrected chi connectivity index (χ2v) is 9.62. The zero-order valence-electron chi connectivity index (χ0n) is 19.4. The fourth-order valence-electron chi connectivity index (χ4n) is 2.85. The highest BCUT2D eigenvalue weighted by Crippen LogP contribution is 2.26. The number of carbonyl (C=O) groups excluding carboxylic acids is 3. The SMILES string of the molecule is CC(C)(C)OC(=O)NNC(=S)c1ccc(N2C[C@@H](C(NC=O)OC(C)(C)C)OC2=O)cc1F. The van der Waals surface area contributed by atoms with Crippen molar-refractivity contribution in [1.29, 1.82) is 0 Å². The highest BCUT2D eigenvalue weighted by atomic mass is 32.1. The molecule has 3 amide bonds. The lowest BCUT2D eigenvalue weighted by Crippen LogP contribution is -2.47. The number of hydrazine groups is 1. The summed E-state index contributed by atoms with van der Waals surface area (Å²) in [6.45, 7) is 10.5. The third-order valence-corrected chi connectivity index (χ3v) is 4.39. The average Bonchev–Trinajstić information content (AvgIpc) is 3.05. The Morgan fingerprint density at radius 3 is 2.45 bits per heavy atom. The van der Waals surface area contributed by atoms with Crippen molar-refractivity contribution in [2.24, 2.45) is 0 Å². The quantitative estimate of drug-likeness (QED) is 0.244. The van der Waals surface area contributed by atoms with Gasteiger partial charge in [-0.1, -0.05) is 12.2 Å². The van der Waals surface area contributed by atoms with Gasteiger partial charge in [0.25, 0.3) is 0 Å². The first kappa shape index (κ1) is 26.3. The molecule has 1 aromatic rings. The summed E-state index contributed by atoms with van der Waals surface area (Å²) in [6, 6.07) is 3.97. The highest BCUT2D eigenvalue weighted by molar-refractivity contribution is 7.80. The zero-order valence-corrected chi connectivity index (χ0v) is 20.2. The van der Waals surface area contributed by atoms with E-state index in [0.717, 1.165) is 6.07 Å². The molecule has 0 aliphatic carbocycles.